The van der Waals surface area contributed by atoms with Gasteiger partial charge in [-0.05, 0) is 19.1 Å². The predicted molar refractivity (Wildman–Crippen MR) is 56.7 cm³/mol. The van der Waals surface area contributed by atoms with Gasteiger partial charge in [-0.1, -0.05) is 11.6 Å². The molecule has 1 aromatic rings. The van der Waals surface area contributed by atoms with E-state index in [1.807, 2.05) is 0 Å². The number of rotatable bonds is 5. The van der Waals surface area contributed by atoms with E-state index in [0.29, 0.717) is 0 Å². The summed E-state index contributed by atoms with van der Waals surface area (Å²) in [5.74, 6) is -0.900. The van der Waals surface area contributed by atoms with E-state index >= 15 is 0 Å². The van der Waals surface area contributed by atoms with Gasteiger partial charge < -0.3 is 20.1 Å². The first-order chi connectivity index (χ1) is 7.54. The van der Waals surface area contributed by atoms with Crippen LogP contribution in [0.25, 0.3) is 0 Å². The smallest absolute Gasteiger partial charge is 0.339 e. The van der Waals surface area contributed by atoms with Crippen molar-refractivity contribution in [2.45, 2.75) is 13.0 Å². The molecular formula is C11H14O5. The number of hydrogen-bond donors (Lipinski definition) is 3. The summed E-state index contributed by atoms with van der Waals surface area (Å²) in [6.07, 6.45) is -1.01. The van der Waals surface area contributed by atoms with Gasteiger partial charge in [0.1, 0.15) is 24.0 Å². The number of hydrogen-bond acceptors (Lipinski definition) is 4. The van der Waals surface area contributed by atoms with Gasteiger partial charge in [0.25, 0.3) is 0 Å². The average Bonchev–Trinajstić information content (AvgIpc) is 2.26. The number of benzene rings is 1. The number of aliphatic hydroxyl groups excluding tert-OH is 2. The first kappa shape index (κ1) is 12.5. The van der Waals surface area contributed by atoms with Crippen LogP contribution in [0.1, 0.15) is 15.9 Å². The maximum Gasteiger partial charge on any atom is 0.339 e. The zero-order valence-corrected chi connectivity index (χ0v) is 8.88. The molecule has 0 aliphatic carbocycles. The molecule has 1 aromatic carbocycles. The molecular weight excluding hydrogens is 212 g/mol. The van der Waals surface area contributed by atoms with Crippen LogP contribution in [0.3, 0.4) is 0 Å². The van der Waals surface area contributed by atoms with Crippen molar-refractivity contribution in [1.82, 2.24) is 0 Å². The first-order valence-corrected chi connectivity index (χ1v) is 4.80. The first-order valence-electron chi connectivity index (χ1n) is 4.80. The fourth-order valence-electron chi connectivity index (χ4n) is 1.18. The van der Waals surface area contributed by atoms with Gasteiger partial charge in [0.2, 0.25) is 0 Å². The molecule has 0 radical (unpaired) electrons. The number of carboxylic acid groups (broad SMARTS) is 1. The molecule has 0 heterocycles. The normalized spacial score (nSPS) is 12.2. The molecule has 0 aromatic heterocycles. The van der Waals surface area contributed by atoms with E-state index in [0.717, 1.165) is 5.56 Å². The third-order valence-electron chi connectivity index (χ3n) is 2.01. The van der Waals surface area contributed by atoms with E-state index in [4.69, 9.17) is 20.1 Å². The zero-order valence-electron chi connectivity index (χ0n) is 8.88. The molecule has 0 fully saturated rings. The highest BCUT2D eigenvalue weighted by Crippen LogP contribution is 2.20. The van der Waals surface area contributed by atoms with Gasteiger partial charge in [-0.25, -0.2) is 4.79 Å². The maximum atomic E-state index is 10.9. The topological polar surface area (TPSA) is 87.0 Å². The van der Waals surface area contributed by atoms with Crippen LogP contribution in [0.4, 0.5) is 0 Å². The number of carbonyl (C=O) groups is 1. The fraction of sp³-hybridized carbons (Fsp3) is 0.364. The van der Waals surface area contributed by atoms with E-state index < -0.39 is 18.7 Å². The molecule has 5 heteroatoms. The van der Waals surface area contributed by atoms with Crippen molar-refractivity contribution in [2.24, 2.45) is 0 Å². The van der Waals surface area contributed by atoms with Crippen molar-refractivity contribution in [3.63, 3.8) is 0 Å². The van der Waals surface area contributed by atoms with Gasteiger partial charge in [0.15, 0.2) is 0 Å². The van der Waals surface area contributed by atoms with E-state index in [2.05, 4.69) is 0 Å². The van der Waals surface area contributed by atoms with Crippen LogP contribution >= 0.6 is 0 Å². The lowest BCUT2D eigenvalue weighted by Crippen LogP contribution is -2.22. The standard InChI is InChI=1S/C11H14O5/c1-7-2-3-10(9(4-7)11(14)15)16-6-8(13)5-12/h2-4,8,12-13H,5-6H2,1H3,(H,14,15). The summed E-state index contributed by atoms with van der Waals surface area (Å²) in [6, 6.07) is 4.74. The highest BCUT2D eigenvalue weighted by atomic mass is 16.5. The summed E-state index contributed by atoms with van der Waals surface area (Å²) >= 11 is 0. The van der Waals surface area contributed by atoms with Gasteiger partial charge in [0.05, 0.1) is 6.61 Å². The Bertz CT molecular complexity index is 375. The molecule has 0 spiro atoms. The molecule has 0 aliphatic rings. The molecule has 1 unspecified atom stereocenters. The molecule has 88 valence electrons. The lowest BCUT2D eigenvalue weighted by atomic mass is 10.1. The summed E-state index contributed by atoms with van der Waals surface area (Å²) in [7, 11) is 0. The Morgan fingerprint density at radius 1 is 1.50 bits per heavy atom. The molecule has 16 heavy (non-hydrogen) atoms. The Balaban J connectivity index is 2.82. The molecule has 3 N–H and O–H groups in total. The maximum absolute atomic E-state index is 10.9. The largest absolute Gasteiger partial charge is 0.490 e. The van der Waals surface area contributed by atoms with Crippen molar-refractivity contribution in [3.05, 3.63) is 29.3 Å². The van der Waals surface area contributed by atoms with Crippen LogP contribution in [0.5, 0.6) is 5.75 Å². The molecule has 0 saturated carbocycles. The van der Waals surface area contributed by atoms with Crippen molar-refractivity contribution in [1.29, 1.82) is 0 Å². The molecule has 1 rings (SSSR count). The quantitative estimate of drug-likeness (QED) is 0.677. The van der Waals surface area contributed by atoms with Crippen LogP contribution in [-0.4, -0.2) is 40.6 Å². The molecule has 0 amide bonds. The molecule has 0 bridgehead atoms. The summed E-state index contributed by atoms with van der Waals surface area (Å²) in [5.41, 5.74) is 0.859. The van der Waals surface area contributed by atoms with Crippen molar-refractivity contribution < 1.29 is 24.9 Å². The van der Waals surface area contributed by atoms with Crippen molar-refractivity contribution in [3.8, 4) is 5.75 Å². The zero-order chi connectivity index (χ0) is 12.1. The summed E-state index contributed by atoms with van der Waals surface area (Å²) in [6.45, 7) is 1.22. The van der Waals surface area contributed by atoms with Gasteiger partial charge in [-0.15, -0.1) is 0 Å². The van der Waals surface area contributed by atoms with Gasteiger partial charge in [-0.3, -0.25) is 0 Å². The van der Waals surface area contributed by atoms with Crippen LogP contribution in [0.2, 0.25) is 0 Å². The minimum absolute atomic E-state index is 0.0464. The Kier molecular flexibility index (Phi) is 4.28. The lowest BCUT2D eigenvalue weighted by molar-refractivity contribution is 0.0519. The van der Waals surface area contributed by atoms with Crippen LogP contribution in [0.15, 0.2) is 18.2 Å². The van der Waals surface area contributed by atoms with Crippen LogP contribution < -0.4 is 4.74 Å². The second kappa shape index (κ2) is 5.48. The summed E-state index contributed by atoms with van der Waals surface area (Å²) in [5, 5.41) is 26.6. The molecule has 0 aliphatic heterocycles. The number of aryl methyl sites for hydroxylation is 1. The summed E-state index contributed by atoms with van der Waals surface area (Å²) < 4.78 is 5.12. The second-order valence-electron chi connectivity index (χ2n) is 3.45. The third-order valence-corrected chi connectivity index (χ3v) is 2.01. The Hall–Kier alpha value is -1.59. The Morgan fingerprint density at radius 3 is 2.75 bits per heavy atom. The van der Waals surface area contributed by atoms with Crippen molar-refractivity contribution >= 4 is 5.97 Å². The number of ether oxygens (including phenoxy) is 1. The lowest BCUT2D eigenvalue weighted by Gasteiger charge is -2.12. The molecule has 1 atom stereocenters. The van der Waals surface area contributed by atoms with E-state index in [1.54, 1.807) is 13.0 Å². The molecule has 0 saturated heterocycles. The van der Waals surface area contributed by atoms with Crippen LogP contribution in [0, 0.1) is 6.92 Å². The highest BCUT2D eigenvalue weighted by molar-refractivity contribution is 5.91. The Labute approximate surface area is 92.9 Å². The fourth-order valence-corrected chi connectivity index (χ4v) is 1.18. The Morgan fingerprint density at radius 2 is 2.19 bits per heavy atom. The monoisotopic (exact) mass is 226 g/mol. The number of aliphatic hydroxyl groups is 2. The minimum atomic E-state index is -1.09. The minimum Gasteiger partial charge on any atom is -0.490 e. The van der Waals surface area contributed by atoms with E-state index in [1.165, 1.54) is 12.1 Å². The van der Waals surface area contributed by atoms with E-state index in [9.17, 15) is 4.79 Å². The molecule has 5 nitrogen and oxygen atoms in total. The van der Waals surface area contributed by atoms with Crippen LogP contribution in [-0.2, 0) is 0 Å². The summed E-state index contributed by atoms with van der Waals surface area (Å²) in [4.78, 5) is 10.9. The highest BCUT2D eigenvalue weighted by Gasteiger charge is 2.12. The SMILES string of the molecule is Cc1ccc(OCC(O)CO)c(C(=O)O)c1. The third kappa shape index (κ3) is 3.22. The number of aromatic carboxylic acids is 1. The van der Waals surface area contributed by atoms with Gasteiger partial charge in [-0.2, -0.15) is 0 Å². The van der Waals surface area contributed by atoms with Crippen molar-refractivity contribution in [2.75, 3.05) is 13.2 Å². The average molecular weight is 226 g/mol. The van der Waals surface area contributed by atoms with Gasteiger partial charge in [0, 0.05) is 0 Å². The van der Waals surface area contributed by atoms with E-state index in [-0.39, 0.29) is 17.9 Å². The second-order valence-corrected chi connectivity index (χ2v) is 3.45. The van der Waals surface area contributed by atoms with Gasteiger partial charge >= 0.3 is 5.97 Å². The predicted octanol–water partition coefficient (Wildman–Crippen LogP) is 0.425. The number of carboxylic acids is 1.